The van der Waals surface area contributed by atoms with Crippen LogP contribution in [0.1, 0.15) is 13.3 Å². The van der Waals surface area contributed by atoms with E-state index in [4.69, 9.17) is 20.9 Å². The molecular formula is C14H21N3O3. The van der Waals surface area contributed by atoms with Gasteiger partial charge in [-0.05, 0) is 12.5 Å². The predicted molar refractivity (Wildman–Crippen MR) is 77.8 cm³/mol. The molecule has 1 unspecified atom stereocenters. The fourth-order valence-corrected chi connectivity index (χ4v) is 2.22. The zero-order valence-electron chi connectivity index (χ0n) is 11.7. The third kappa shape index (κ3) is 3.33. The topological polar surface area (TPSA) is 90.8 Å². The molecule has 1 aliphatic heterocycles. The van der Waals surface area contributed by atoms with Crippen LogP contribution in [-0.2, 0) is 9.53 Å². The highest BCUT2D eigenvalue weighted by atomic mass is 16.5. The van der Waals surface area contributed by atoms with Gasteiger partial charge in [0.15, 0.2) is 0 Å². The Kier molecular flexibility index (Phi) is 4.68. The third-order valence-electron chi connectivity index (χ3n) is 3.18. The minimum Gasteiger partial charge on any atom is -0.493 e. The smallest absolute Gasteiger partial charge is 0.242 e. The molecule has 2 rings (SSSR count). The summed E-state index contributed by atoms with van der Waals surface area (Å²) in [7, 11) is 0. The van der Waals surface area contributed by atoms with Crippen LogP contribution < -0.4 is 21.1 Å². The fraction of sp³-hybridized carbons (Fsp3) is 0.500. The van der Waals surface area contributed by atoms with E-state index in [1.165, 1.54) is 0 Å². The van der Waals surface area contributed by atoms with Crippen molar-refractivity contribution in [2.24, 2.45) is 5.73 Å². The van der Waals surface area contributed by atoms with Gasteiger partial charge in [-0.25, -0.2) is 0 Å². The summed E-state index contributed by atoms with van der Waals surface area (Å²) >= 11 is 0. The second-order valence-electron chi connectivity index (χ2n) is 4.80. The molecule has 1 saturated heterocycles. The van der Waals surface area contributed by atoms with Crippen LogP contribution in [0.25, 0.3) is 0 Å². The monoisotopic (exact) mass is 279 g/mol. The fourth-order valence-electron chi connectivity index (χ4n) is 2.22. The Bertz CT molecular complexity index is 479. The molecule has 110 valence electrons. The molecule has 4 N–H and O–H groups in total. The van der Waals surface area contributed by atoms with E-state index in [0.717, 1.165) is 12.1 Å². The summed E-state index contributed by atoms with van der Waals surface area (Å²) in [5.74, 6) is 0.305. The lowest BCUT2D eigenvalue weighted by molar-refractivity contribution is -0.121. The summed E-state index contributed by atoms with van der Waals surface area (Å²) in [6.45, 7) is 4.13. The van der Waals surface area contributed by atoms with Crippen molar-refractivity contribution >= 4 is 17.3 Å². The Labute approximate surface area is 118 Å². The number of amides is 1. The highest BCUT2D eigenvalue weighted by molar-refractivity contribution is 5.84. The van der Waals surface area contributed by atoms with Gasteiger partial charge >= 0.3 is 0 Å². The molecule has 1 fully saturated rings. The van der Waals surface area contributed by atoms with E-state index in [1.54, 1.807) is 6.07 Å². The molecule has 1 aromatic rings. The number of rotatable bonds is 5. The minimum atomic E-state index is -0.468. The lowest BCUT2D eigenvalue weighted by Gasteiger charge is -2.35. The largest absolute Gasteiger partial charge is 0.493 e. The first-order chi connectivity index (χ1) is 9.61. The van der Waals surface area contributed by atoms with Gasteiger partial charge in [0.2, 0.25) is 5.91 Å². The quantitative estimate of drug-likeness (QED) is 0.776. The molecule has 0 aliphatic carbocycles. The number of primary amides is 1. The van der Waals surface area contributed by atoms with E-state index in [0.29, 0.717) is 37.8 Å². The van der Waals surface area contributed by atoms with Crippen LogP contribution in [0.5, 0.6) is 5.75 Å². The van der Waals surface area contributed by atoms with E-state index in [2.05, 4.69) is 0 Å². The van der Waals surface area contributed by atoms with Crippen LogP contribution in [0.3, 0.4) is 0 Å². The molecule has 6 heteroatoms. The number of anilines is 2. The number of ether oxygens (including phenoxy) is 2. The van der Waals surface area contributed by atoms with Crippen molar-refractivity contribution in [2.75, 3.05) is 37.0 Å². The van der Waals surface area contributed by atoms with Crippen LogP contribution >= 0.6 is 0 Å². The maximum Gasteiger partial charge on any atom is 0.242 e. The summed E-state index contributed by atoms with van der Waals surface area (Å²) in [6.07, 6.45) is 0.922. The second kappa shape index (κ2) is 6.47. The Morgan fingerprint density at radius 3 is 3.00 bits per heavy atom. The number of carbonyl (C=O) groups excluding carboxylic acids is 1. The van der Waals surface area contributed by atoms with Crippen molar-refractivity contribution in [3.05, 3.63) is 18.2 Å². The van der Waals surface area contributed by atoms with E-state index in [-0.39, 0.29) is 0 Å². The van der Waals surface area contributed by atoms with Crippen LogP contribution in [-0.4, -0.2) is 38.3 Å². The zero-order chi connectivity index (χ0) is 14.5. The van der Waals surface area contributed by atoms with Gasteiger partial charge in [-0.15, -0.1) is 0 Å². The minimum absolute atomic E-state index is 0.301. The van der Waals surface area contributed by atoms with Crippen molar-refractivity contribution in [1.82, 2.24) is 0 Å². The number of nitrogens with zero attached hydrogens (tertiary/aromatic N) is 1. The molecule has 0 saturated carbocycles. The van der Waals surface area contributed by atoms with E-state index < -0.39 is 11.9 Å². The normalized spacial score (nSPS) is 18.9. The number of hydrogen-bond acceptors (Lipinski definition) is 5. The first kappa shape index (κ1) is 14.5. The first-order valence-electron chi connectivity index (χ1n) is 6.79. The van der Waals surface area contributed by atoms with Gasteiger partial charge in [-0.1, -0.05) is 6.92 Å². The maximum atomic E-state index is 11.5. The summed E-state index contributed by atoms with van der Waals surface area (Å²) in [6, 6.07) is 5.01. The van der Waals surface area contributed by atoms with E-state index in [9.17, 15) is 4.79 Å². The highest BCUT2D eigenvalue weighted by Gasteiger charge is 2.28. The van der Waals surface area contributed by atoms with Crippen molar-refractivity contribution < 1.29 is 14.3 Å². The average Bonchev–Trinajstić information content (AvgIpc) is 2.44. The lowest BCUT2D eigenvalue weighted by Crippen LogP contribution is -2.52. The molecule has 0 spiro atoms. The number of morpholine rings is 1. The van der Waals surface area contributed by atoms with E-state index >= 15 is 0 Å². The molecule has 1 aliphatic rings. The maximum absolute atomic E-state index is 11.5. The first-order valence-corrected chi connectivity index (χ1v) is 6.79. The number of nitrogens with two attached hydrogens (primary N) is 2. The van der Waals surface area contributed by atoms with Crippen molar-refractivity contribution in [3.8, 4) is 5.75 Å². The van der Waals surface area contributed by atoms with Gasteiger partial charge in [0, 0.05) is 30.1 Å². The Balaban J connectivity index is 2.25. The van der Waals surface area contributed by atoms with Crippen LogP contribution in [0, 0.1) is 0 Å². The van der Waals surface area contributed by atoms with Crippen LogP contribution in [0.4, 0.5) is 11.4 Å². The summed E-state index contributed by atoms with van der Waals surface area (Å²) in [4.78, 5) is 13.4. The van der Waals surface area contributed by atoms with Crippen molar-refractivity contribution in [2.45, 2.75) is 19.4 Å². The summed E-state index contributed by atoms with van der Waals surface area (Å²) < 4.78 is 10.9. The van der Waals surface area contributed by atoms with Gasteiger partial charge in [0.1, 0.15) is 11.8 Å². The molecule has 0 aromatic heterocycles. The SMILES string of the molecule is CCCOc1cc(N)cc(N2CCOCC2C(N)=O)c1. The molecular weight excluding hydrogens is 258 g/mol. The van der Waals surface area contributed by atoms with Crippen LogP contribution in [0.15, 0.2) is 18.2 Å². The second-order valence-corrected chi connectivity index (χ2v) is 4.80. The van der Waals surface area contributed by atoms with Gasteiger partial charge in [-0.3, -0.25) is 4.79 Å². The van der Waals surface area contributed by atoms with E-state index in [1.807, 2.05) is 24.0 Å². The van der Waals surface area contributed by atoms with Gasteiger partial charge in [0.25, 0.3) is 0 Å². The Morgan fingerprint density at radius 1 is 1.50 bits per heavy atom. The number of nitrogen functional groups attached to an aromatic ring is 1. The number of carbonyl (C=O) groups is 1. The molecule has 6 nitrogen and oxygen atoms in total. The average molecular weight is 279 g/mol. The van der Waals surface area contributed by atoms with Gasteiger partial charge in [0.05, 0.1) is 19.8 Å². The predicted octanol–water partition coefficient (Wildman–Crippen LogP) is 0.748. The highest BCUT2D eigenvalue weighted by Crippen LogP contribution is 2.28. The zero-order valence-corrected chi connectivity index (χ0v) is 11.7. The Hall–Kier alpha value is -1.95. The molecule has 0 radical (unpaired) electrons. The lowest BCUT2D eigenvalue weighted by atomic mass is 10.1. The van der Waals surface area contributed by atoms with Gasteiger partial charge in [-0.2, -0.15) is 0 Å². The molecule has 1 amide bonds. The number of hydrogen-bond donors (Lipinski definition) is 2. The molecule has 1 atom stereocenters. The Morgan fingerprint density at radius 2 is 2.30 bits per heavy atom. The van der Waals surface area contributed by atoms with Crippen LogP contribution in [0.2, 0.25) is 0 Å². The molecule has 1 aromatic carbocycles. The third-order valence-corrected chi connectivity index (χ3v) is 3.18. The standard InChI is InChI=1S/C14H21N3O3/c1-2-4-20-12-7-10(15)6-11(8-12)17-3-5-19-9-13(17)14(16)18/h6-8,13H,2-5,9,15H2,1H3,(H2,16,18). The molecule has 1 heterocycles. The van der Waals surface area contributed by atoms with Crippen molar-refractivity contribution in [1.29, 1.82) is 0 Å². The summed E-state index contributed by atoms with van der Waals surface area (Å²) in [5.41, 5.74) is 12.8. The molecule has 20 heavy (non-hydrogen) atoms. The van der Waals surface area contributed by atoms with Gasteiger partial charge < -0.3 is 25.8 Å². The summed E-state index contributed by atoms with van der Waals surface area (Å²) in [5, 5.41) is 0. The number of benzene rings is 1. The molecule has 0 bridgehead atoms. The van der Waals surface area contributed by atoms with Crippen molar-refractivity contribution in [3.63, 3.8) is 0 Å².